The smallest absolute Gasteiger partial charge is 0.269 e. The van der Waals surface area contributed by atoms with Crippen molar-refractivity contribution in [3.05, 3.63) is 50.6 Å². The molecule has 0 radical (unpaired) electrons. The monoisotopic (exact) mass is 276 g/mol. The van der Waals surface area contributed by atoms with Gasteiger partial charge in [-0.2, -0.15) is 0 Å². The Bertz CT molecular complexity index is 774. The zero-order valence-corrected chi connectivity index (χ0v) is 11.1. The summed E-state index contributed by atoms with van der Waals surface area (Å²) in [7, 11) is 0. The molecule has 0 unspecified atom stereocenters. The SMILES string of the molecule is Cc1csc2c(=O)[nH]c(-c3ccc(Cl)cc3)nc12. The van der Waals surface area contributed by atoms with E-state index in [0.29, 0.717) is 15.5 Å². The van der Waals surface area contributed by atoms with Crippen molar-refractivity contribution in [3.8, 4) is 11.4 Å². The fraction of sp³-hybridized carbons (Fsp3) is 0.0769. The largest absolute Gasteiger partial charge is 0.305 e. The highest BCUT2D eigenvalue weighted by molar-refractivity contribution is 7.17. The van der Waals surface area contributed by atoms with Gasteiger partial charge in [0.25, 0.3) is 5.56 Å². The molecule has 2 heterocycles. The van der Waals surface area contributed by atoms with Gasteiger partial charge in [0.1, 0.15) is 10.5 Å². The van der Waals surface area contributed by atoms with Gasteiger partial charge in [-0.05, 0) is 42.1 Å². The van der Waals surface area contributed by atoms with Crippen LogP contribution < -0.4 is 5.56 Å². The number of halogens is 1. The standard InChI is InChI=1S/C13H9ClN2OS/c1-7-6-18-11-10(7)15-12(16-13(11)17)8-2-4-9(14)5-3-8/h2-6H,1H3,(H,15,16,17). The molecular formula is C13H9ClN2OS. The summed E-state index contributed by atoms with van der Waals surface area (Å²) in [4.78, 5) is 19.2. The van der Waals surface area contributed by atoms with Crippen LogP contribution in [0, 0.1) is 6.92 Å². The van der Waals surface area contributed by atoms with Gasteiger partial charge in [0, 0.05) is 10.6 Å². The Morgan fingerprint density at radius 2 is 2.00 bits per heavy atom. The summed E-state index contributed by atoms with van der Waals surface area (Å²) in [6.07, 6.45) is 0. The lowest BCUT2D eigenvalue weighted by Gasteiger charge is -2.01. The number of thiophene rings is 1. The summed E-state index contributed by atoms with van der Waals surface area (Å²) >= 11 is 7.26. The van der Waals surface area contributed by atoms with Crippen molar-refractivity contribution in [2.75, 3.05) is 0 Å². The van der Waals surface area contributed by atoms with Crippen LogP contribution in [0.2, 0.25) is 5.02 Å². The van der Waals surface area contributed by atoms with Gasteiger partial charge in [-0.3, -0.25) is 4.79 Å². The fourth-order valence-electron chi connectivity index (χ4n) is 1.79. The van der Waals surface area contributed by atoms with Crippen LogP contribution in [0.3, 0.4) is 0 Å². The third-order valence-corrected chi connectivity index (χ3v) is 4.06. The Labute approximate surface area is 112 Å². The van der Waals surface area contributed by atoms with Crippen molar-refractivity contribution in [2.45, 2.75) is 6.92 Å². The molecule has 1 aromatic carbocycles. The number of hydrogen-bond acceptors (Lipinski definition) is 3. The van der Waals surface area contributed by atoms with Gasteiger partial charge in [-0.25, -0.2) is 4.98 Å². The maximum atomic E-state index is 11.9. The normalized spacial score (nSPS) is 11.0. The van der Waals surface area contributed by atoms with Crippen molar-refractivity contribution < 1.29 is 0 Å². The van der Waals surface area contributed by atoms with E-state index in [2.05, 4.69) is 9.97 Å². The first-order valence-electron chi connectivity index (χ1n) is 5.39. The van der Waals surface area contributed by atoms with Crippen LogP contribution in [-0.2, 0) is 0 Å². The van der Waals surface area contributed by atoms with Crippen molar-refractivity contribution in [1.29, 1.82) is 0 Å². The van der Waals surface area contributed by atoms with Gasteiger partial charge in [0.05, 0.1) is 5.52 Å². The molecule has 0 saturated heterocycles. The highest BCUT2D eigenvalue weighted by Crippen LogP contribution is 2.23. The van der Waals surface area contributed by atoms with E-state index in [1.165, 1.54) is 11.3 Å². The molecule has 2 aromatic heterocycles. The molecule has 0 aliphatic rings. The summed E-state index contributed by atoms with van der Waals surface area (Å²) in [5.74, 6) is 0.575. The maximum Gasteiger partial charge on any atom is 0.269 e. The van der Waals surface area contributed by atoms with Crippen molar-refractivity contribution >= 4 is 33.2 Å². The van der Waals surface area contributed by atoms with Gasteiger partial charge in [0.15, 0.2) is 0 Å². The second-order valence-electron chi connectivity index (χ2n) is 4.02. The number of aromatic nitrogens is 2. The van der Waals surface area contributed by atoms with Gasteiger partial charge in [-0.1, -0.05) is 11.6 Å². The molecule has 0 atom stereocenters. The van der Waals surface area contributed by atoms with Crippen molar-refractivity contribution in [3.63, 3.8) is 0 Å². The number of nitrogens with one attached hydrogen (secondary N) is 1. The zero-order valence-electron chi connectivity index (χ0n) is 9.53. The van der Waals surface area contributed by atoms with E-state index in [1.807, 2.05) is 24.4 Å². The predicted molar refractivity (Wildman–Crippen MR) is 75.4 cm³/mol. The Morgan fingerprint density at radius 3 is 2.72 bits per heavy atom. The summed E-state index contributed by atoms with van der Waals surface area (Å²) in [6.45, 7) is 1.96. The van der Waals surface area contributed by atoms with E-state index in [0.717, 1.165) is 16.6 Å². The molecule has 0 fully saturated rings. The van der Waals surface area contributed by atoms with E-state index in [1.54, 1.807) is 12.1 Å². The zero-order chi connectivity index (χ0) is 12.7. The molecule has 3 nitrogen and oxygen atoms in total. The van der Waals surface area contributed by atoms with Crippen LogP contribution in [0.1, 0.15) is 5.56 Å². The highest BCUT2D eigenvalue weighted by Gasteiger charge is 2.09. The highest BCUT2D eigenvalue weighted by atomic mass is 35.5. The number of nitrogens with zero attached hydrogens (tertiary/aromatic N) is 1. The van der Waals surface area contributed by atoms with Crippen molar-refractivity contribution in [2.24, 2.45) is 0 Å². The maximum absolute atomic E-state index is 11.9. The fourth-order valence-corrected chi connectivity index (χ4v) is 2.80. The van der Waals surface area contributed by atoms with Crippen LogP contribution in [0.15, 0.2) is 34.4 Å². The number of hydrogen-bond donors (Lipinski definition) is 1. The lowest BCUT2D eigenvalue weighted by molar-refractivity contribution is 1.18. The van der Waals surface area contributed by atoms with E-state index in [9.17, 15) is 4.79 Å². The second-order valence-corrected chi connectivity index (χ2v) is 5.33. The van der Waals surface area contributed by atoms with Gasteiger partial charge < -0.3 is 4.98 Å². The Morgan fingerprint density at radius 1 is 1.28 bits per heavy atom. The third-order valence-electron chi connectivity index (χ3n) is 2.72. The van der Waals surface area contributed by atoms with Crippen LogP contribution >= 0.6 is 22.9 Å². The van der Waals surface area contributed by atoms with Crippen molar-refractivity contribution in [1.82, 2.24) is 9.97 Å². The second kappa shape index (κ2) is 4.23. The molecule has 3 aromatic rings. The molecule has 90 valence electrons. The first-order chi connectivity index (χ1) is 8.65. The lowest BCUT2D eigenvalue weighted by atomic mass is 10.2. The number of H-pyrrole nitrogens is 1. The Hall–Kier alpha value is -1.65. The van der Waals surface area contributed by atoms with E-state index < -0.39 is 0 Å². The Balaban J connectivity index is 2.26. The topological polar surface area (TPSA) is 45.8 Å². The summed E-state index contributed by atoms with van der Waals surface area (Å²) in [5, 5.41) is 2.60. The summed E-state index contributed by atoms with van der Waals surface area (Å²) in [6, 6.07) is 7.24. The van der Waals surface area contributed by atoms with Crippen LogP contribution in [0.5, 0.6) is 0 Å². The third kappa shape index (κ3) is 1.83. The molecule has 0 amide bonds. The lowest BCUT2D eigenvalue weighted by Crippen LogP contribution is -2.07. The minimum Gasteiger partial charge on any atom is -0.305 e. The molecule has 0 aliphatic carbocycles. The summed E-state index contributed by atoms with van der Waals surface area (Å²) in [5.41, 5.74) is 2.55. The molecule has 0 spiro atoms. The number of aromatic amines is 1. The van der Waals surface area contributed by atoms with Crippen LogP contribution in [-0.4, -0.2) is 9.97 Å². The van der Waals surface area contributed by atoms with Gasteiger partial charge >= 0.3 is 0 Å². The molecular weight excluding hydrogens is 268 g/mol. The van der Waals surface area contributed by atoms with Gasteiger partial charge in [-0.15, -0.1) is 11.3 Å². The Kier molecular flexibility index (Phi) is 2.69. The predicted octanol–water partition coefficient (Wildman–Crippen LogP) is 3.61. The first kappa shape index (κ1) is 11.4. The number of fused-ring (bicyclic) bond motifs is 1. The molecule has 1 N–H and O–H groups in total. The first-order valence-corrected chi connectivity index (χ1v) is 6.65. The molecule has 5 heteroatoms. The van der Waals surface area contributed by atoms with Crippen LogP contribution in [0.4, 0.5) is 0 Å². The van der Waals surface area contributed by atoms with Crippen LogP contribution in [0.25, 0.3) is 21.6 Å². The molecule has 18 heavy (non-hydrogen) atoms. The van der Waals surface area contributed by atoms with Gasteiger partial charge in [0.2, 0.25) is 0 Å². The average Bonchev–Trinajstić information content (AvgIpc) is 2.73. The molecule has 0 aliphatic heterocycles. The number of benzene rings is 1. The number of rotatable bonds is 1. The molecule has 0 saturated carbocycles. The van der Waals surface area contributed by atoms with E-state index >= 15 is 0 Å². The minimum atomic E-state index is -0.0944. The van der Waals surface area contributed by atoms with E-state index in [-0.39, 0.29) is 5.56 Å². The summed E-state index contributed by atoms with van der Waals surface area (Å²) < 4.78 is 0.671. The number of aryl methyl sites for hydroxylation is 1. The van der Waals surface area contributed by atoms with E-state index in [4.69, 9.17) is 11.6 Å². The molecule has 0 bridgehead atoms. The minimum absolute atomic E-state index is 0.0944. The average molecular weight is 277 g/mol. The quantitative estimate of drug-likeness (QED) is 0.738. The molecule has 3 rings (SSSR count).